The summed E-state index contributed by atoms with van der Waals surface area (Å²) < 4.78 is 4.04. The van der Waals surface area contributed by atoms with E-state index in [-0.39, 0.29) is 378 Å². The van der Waals surface area contributed by atoms with Crippen molar-refractivity contribution in [2.24, 2.45) is 0 Å². The number of nitrogens with one attached hydrogen (secondary N) is 4. The zero-order valence-corrected chi connectivity index (χ0v) is 69.5. The first-order valence-corrected chi connectivity index (χ1v) is 14.6. The largest absolute Gasteiger partial charge is 0.467 e. The molecule has 4 rings (SSSR count). The molecule has 24 nitrogen and oxygen atoms in total. The SMILES string of the molecule is CC1NC(=O)C(O)C1O.CC1NC(=O)[C@H](O)[C@@H]1O.COC(=O)C(O)C(O)C(=O)CO.O=C1NC(CO)C(O)C1O.O=C1NC(CO)C(O)C1O.[Ac].[Ac].[Ac].[Ac].[Ac].[Ac].[Ac].[Ac]. The van der Waals surface area contributed by atoms with Gasteiger partial charge in [0.05, 0.1) is 44.5 Å². The van der Waals surface area contributed by atoms with Crippen LogP contribution in [0.4, 0.5) is 0 Å². The number of rotatable bonds is 6. The minimum Gasteiger partial charge on any atom is -0.467 e. The predicted molar refractivity (Wildman–Crippen MR) is 157 cm³/mol. The summed E-state index contributed by atoms with van der Waals surface area (Å²) in [4.78, 5) is 63.0. The fourth-order valence-electron chi connectivity index (χ4n) is 3.93. The number of ether oxygens (including phenoxy) is 1. The molecule has 17 N–H and O–H groups in total. The van der Waals surface area contributed by atoms with Gasteiger partial charge in [0, 0.05) is 352 Å². The standard InChI is InChI=1S/C6H10O6.2C5H9NO4.2C5H9NO3.8Ac/c1-12-6(11)5(10)4(9)3(8)2-7;2*7-1-2-3(8)4(9)5(10)6-2;2*1-2-3(7)4(8)5(9)6-2;;;;;;;;/h4-5,7,9-10H,2H2,1H3;2*2-4,7-9H,1H2,(H,6,10);2*2-4,7-8H,1H3,(H,6,9);;;;;;;;/t;;;2?,3-,4-;;;;;;;;;/m...1........./s1. The van der Waals surface area contributed by atoms with Crippen molar-refractivity contribution in [3.8, 4) is 0 Å². The summed E-state index contributed by atoms with van der Waals surface area (Å²) in [6, 6.07) is -2.09. The fraction of sp³-hybridized carbons (Fsp3) is 0.769. The quantitative estimate of drug-likeness (QED) is 0.110. The number of aliphatic hydroxyl groups is 13. The van der Waals surface area contributed by atoms with Gasteiger partial charge in [-0.3, -0.25) is 24.0 Å². The number of hydrogen-bond donors (Lipinski definition) is 17. The number of amides is 4. The fourth-order valence-corrected chi connectivity index (χ4v) is 3.93. The van der Waals surface area contributed by atoms with Crippen molar-refractivity contribution in [3.63, 3.8) is 0 Å². The monoisotopic (exact) mass is 2550 g/mol. The molecule has 0 spiro atoms. The van der Waals surface area contributed by atoms with Gasteiger partial charge in [-0.2, -0.15) is 0 Å². The van der Waals surface area contributed by atoms with Crippen molar-refractivity contribution in [3.05, 3.63) is 0 Å². The van der Waals surface area contributed by atoms with Crippen LogP contribution in [0, 0.1) is 352 Å². The summed E-state index contributed by atoms with van der Waals surface area (Å²) in [5, 5.41) is 123. The van der Waals surface area contributed by atoms with Crippen LogP contribution in [-0.2, 0) is 33.5 Å². The van der Waals surface area contributed by atoms with Crippen molar-refractivity contribution in [1.82, 2.24) is 21.3 Å². The zero-order valence-electron chi connectivity index (χ0n) is 31.5. The van der Waals surface area contributed by atoms with E-state index in [1.54, 1.807) is 13.8 Å². The first-order valence-electron chi connectivity index (χ1n) is 14.6. The number of carbonyl (C=O) groups excluding carboxylic acids is 6. The van der Waals surface area contributed by atoms with Crippen LogP contribution in [0.3, 0.4) is 0 Å². The molecule has 12 unspecified atom stereocenters. The summed E-state index contributed by atoms with van der Waals surface area (Å²) in [6.45, 7) is 1.63. The average molecular weight is 2550 g/mol. The van der Waals surface area contributed by atoms with E-state index in [9.17, 15) is 28.8 Å². The number of methoxy groups -OCH3 is 1. The van der Waals surface area contributed by atoms with E-state index in [0.717, 1.165) is 7.11 Å². The van der Waals surface area contributed by atoms with Crippen LogP contribution >= 0.6 is 0 Å². The second-order valence-corrected chi connectivity index (χ2v) is 11.0. The maximum absolute atomic E-state index is 10.5. The van der Waals surface area contributed by atoms with E-state index in [0.29, 0.717) is 0 Å². The van der Waals surface area contributed by atoms with Gasteiger partial charge in [0.25, 0.3) is 23.6 Å². The third kappa shape index (κ3) is 30.0. The minimum atomic E-state index is -1.94. The van der Waals surface area contributed by atoms with Gasteiger partial charge in [0.1, 0.15) is 31.0 Å². The maximum Gasteiger partial charge on any atom is 0.337 e. The summed E-state index contributed by atoms with van der Waals surface area (Å²) in [5.41, 5.74) is 0. The van der Waals surface area contributed by atoms with E-state index in [1.807, 2.05) is 0 Å². The Morgan fingerprint density at radius 1 is 0.517 bits per heavy atom. The average Bonchev–Trinajstić information content (AvgIpc) is 3.68. The molecule has 14 atom stereocenters. The molecule has 8 radical (unpaired) electrons. The molecule has 0 saturated carbocycles. The molecule has 4 amide bonds. The normalized spacial score (nSPS) is 30.2. The zero-order chi connectivity index (χ0) is 39.2. The van der Waals surface area contributed by atoms with Gasteiger partial charge in [-0.25, -0.2) is 4.79 Å². The van der Waals surface area contributed by atoms with Crippen LogP contribution in [0.1, 0.15) is 13.8 Å². The summed E-state index contributed by atoms with van der Waals surface area (Å²) in [5.74, 6) is -4.40. The number of Topliss-reactive ketones (excluding diaryl/α,β-unsaturated/α-hetero) is 1. The minimum absolute atomic E-state index is 0. The number of aliphatic hydroxyl groups excluding tert-OH is 13. The van der Waals surface area contributed by atoms with Crippen molar-refractivity contribution in [2.75, 3.05) is 26.9 Å². The van der Waals surface area contributed by atoms with Crippen LogP contribution in [0.15, 0.2) is 0 Å². The molecular weight excluding hydrogens is 2500 g/mol. The Bertz CT molecular complexity index is 1090. The first kappa shape index (κ1) is 85.9. The van der Waals surface area contributed by atoms with Crippen LogP contribution in [0.25, 0.3) is 0 Å². The van der Waals surface area contributed by atoms with Crippen LogP contribution in [-0.4, -0.2) is 214 Å². The second kappa shape index (κ2) is 46.1. The van der Waals surface area contributed by atoms with E-state index >= 15 is 0 Å². The first-order chi connectivity index (χ1) is 23.1. The van der Waals surface area contributed by atoms with Crippen molar-refractivity contribution in [2.45, 2.75) is 99.1 Å². The molecule has 4 fully saturated rings. The molecule has 4 saturated heterocycles. The molecule has 314 valence electrons. The van der Waals surface area contributed by atoms with Gasteiger partial charge in [0.15, 0.2) is 42.4 Å². The number of ketones is 1. The van der Waals surface area contributed by atoms with Crippen molar-refractivity contribution in [1.29, 1.82) is 0 Å². The van der Waals surface area contributed by atoms with Crippen LogP contribution < -0.4 is 21.3 Å². The molecule has 0 bridgehead atoms. The molecule has 0 aromatic carbocycles. The molecule has 4 aliphatic rings. The van der Waals surface area contributed by atoms with Gasteiger partial charge >= 0.3 is 5.97 Å². The van der Waals surface area contributed by atoms with Gasteiger partial charge < -0.3 is 92.4 Å². The molecule has 32 heteroatoms. The molecular formula is C26H46Ac8N4O20. The van der Waals surface area contributed by atoms with Gasteiger partial charge in [0.2, 0.25) is 0 Å². The summed E-state index contributed by atoms with van der Waals surface area (Å²) in [6.07, 6.45) is -13.4. The van der Waals surface area contributed by atoms with E-state index in [1.165, 1.54) is 0 Å². The van der Waals surface area contributed by atoms with Gasteiger partial charge in [-0.05, 0) is 13.8 Å². The van der Waals surface area contributed by atoms with Gasteiger partial charge in [-0.1, -0.05) is 0 Å². The van der Waals surface area contributed by atoms with E-state index in [2.05, 4.69) is 26.0 Å². The Morgan fingerprint density at radius 3 is 0.897 bits per heavy atom. The van der Waals surface area contributed by atoms with Crippen molar-refractivity contribution >= 4 is 35.4 Å². The Hall–Kier alpha value is 8.03. The Labute approximate surface area is 619 Å². The van der Waals surface area contributed by atoms with Crippen LogP contribution in [0.5, 0.6) is 0 Å². The molecule has 0 aliphatic carbocycles. The van der Waals surface area contributed by atoms with Gasteiger partial charge in [-0.15, -0.1) is 0 Å². The second-order valence-electron chi connectivity index (χ2n) is 11.0. The number of carbonyl (C=O) groups is 6. The molecule has 0 aromatic rings. The van der Waals surface area contributed by atoms with Crippen molar-refractivity contribution < 1.29 is 452 Å². The Kier molecular flexibility index (Phi) is 68.3. The molecule has 58 heavy (non-hydrogen) atoms. The number of esters is 1. The predicted octanol–water partition coefficient (Wildman–Crippen LogP) is -11.7. The third-order valence-corrected chi connectivity index (χ3v) is 7.23. The summed E-state index contributed by atoms with van der Waals surface area (Å²) in [7, 11) is 1.00. The molecule has 0 aromatic heterocycles. The van der Waals surface area contributed by atoms with Crippen LogP contribution in [0.2, 0.25) is 0 Å². The van der Waals surface area contributed by atoms with E-state index < -0.39 is 115 Å². The molecule has 4 heterocycles. The van der Waals surface area contributed by atoms with E-state index in [4.69, 9.17) is 66.4 Å². The maximum atomic E-state index is 10.5. The Balaban J connectivity index is -0.0000000716. The summed E-state index contributed by atoms with van der Waals surface area (Å²) >= 11 is 0. The topological polar surface area (TPSA) is 423 Å². The smallest absolute Gasteiger partial charge is 0.337 e. The number of hydrogen-bond acceptors (Lipinski definition) is 20. The Morgan fingerprint density at radius 2 is 0.776 bits per heavy atom. The molecule has 4 aliphatic heterocycles. The third-order valence-electron chi connectivity index (χ3n) is 7.23.